The number of hydrogen-bond donors (Lipinski definition) is 2. The molecule has 0 aromatic heterocycles. The lowest BCUT2D eigenvalue weighted by molar-refractivity contribution is 0.0534. The second kappa shape index (κ2) is 8.08. The van der Waals surface area contributed by atoms with Gasteiger partial charge in [0.25, 0.3) is 0 Å². The molecule has 1 atom stereocenters. The van der Waals surface area contributed by atoms with E-state index in [1.807, 2.05) is 38.6 Å². The number of rotatable bonds is 5. The Balaban J connectivity index is 2.11. The van der Waals surface area contributed by atoms with Crippen molar-refractivity contribution in [2.24, 2.45) is 5.41 Å². The molecule has 1 amide bonds. The van der Waals surface area contributed by atoms with Crippen molar-refractivity contribution in [2.75, 3.05) is 24.6 Å². The molecule has 1 saturated heterocycles. The van der Waals surface area contributed by atoms with Gasteiger partial charge in [-0.15, -0.1) is 0 Å². The zero-order chi connectivity index (χ0) is 15.9. The molecule has 1 aliphatic heterocycles. The van der Waals surface area contributed by atoms with E-state index in [-0.39, 0.29) is 6.09 Å². The summed E-state index contributed by atoms with van der Waals surface area (Å²) < 4.78 is 5.16. The van der Waals surface area contributed by atoms with Gasteiger partial charge >= 0.3 is 6.09 Å². The fourth-order valence-corrected chi connectivity index (χ4v) is 3.56. The predicted octanol–water partition coefficient (Wildman–Crippen LogP) is 3.19. The number of ether oxygens (including phenoxy) is 1. The van der Waals surface area contributed by atoms with Crippen LogP contribution < -0.4 is 10.6 Å². The van der Waals surface area contributed by atoms with Gasteiger partial charge in [-0.1, -0.05) is 26.0 Å². The van der Waals surface area contributed by atoms with Gasteiger partial charge in [0.05, 0.1) is 0 Å². The fourth-order valence-electron chi connectivity index (χ4n) is 2.25. The highest BCUT2D eigenvalue weighted by atomic mass is 32.2. The van der Waals surface area contributed by atoms with E-state index in [2.05, 4.69) is 30.6 Å². The minimum absolute atomic E-state index is 0.370. The van der Waals surface area contributed by atoms with E-state index < -0.39 is 5.60 Å². The highest BCUT2D eigenvalue weighted by Gasteiger charge is 2.27. The van der Waals surface area contributed by atoms with Crippen molar-refractivity contribution < 1.29 is 9.53 Å². The average Bonchev–Trinajstić information content (AvgIpc) is 2.30. The molecule has 122 valence electrons. The van der Waals surface area contributed by atoms with E-state index in [0.717, 1.165) is 6.54 Å². The highest BCUT2D eigenvalue weighted by Crippen LogP contribution is 2.33. The number of nitrogens with one attached hydrogen (secondary N) is 2. The summed E-state index contributed by atoms with van der Waals surface area (Å²) in [7, 11) is 0. The minimum Gasteiger partial charge on any atom is -0.444 e. The molecule has 1 fully saturated rings. The number of alkyl carbamates (subject to hydrolysis) is 1. The lowest BCUT2D eigenvalue weighted by Gasteiger charge is -2.35. The van der Waals surface area contributed by atoms with Crippen LogP contribution in [0.25, 0.3) is 0 Å². The molecule has 0 saturated carbocycles. The van der Waals surface area contributed by atoms with E-state index >= 15 is 0 Å². The maximum Gasteiger partial charge on any atom is 0.407 e. The normalized spacial score (nSPS) is 22.2. The summed E-state index contributed by atoms with van der Waals surface area (Å²) in [5, 5.41) is 6.26. The number of hydrogen-bond acceptors (Lipinski definition) is 4. The van der Waals surface area contributed by atoms with Crippen molar-refractivity contribution >= 4 is 17.9 Å². The molecule has 0 bridgehead atoms. The first kappa shape index (κ1) is 18.4. The van der Waals surface area contributed by atoms with Crippen LogP contribution in [0.15, 0.2) is 12.2 Å². The molecule has 1 heterocycles. The van der Waals surface area contributed by atoms with Gasteiger partial charge < -0.3 is 15.4 Å². The number of amides is 1. The average molecular weight is 314 g/mol. The molecular weight excluding hydrogens is 284 g/mol. The fraction of sp³-hybridized carbons (Fsp3) is 0.812. The van der Waals surface area contributed by atoms with Crippen molar-refractivity contribution in [3.63, 3.8) is 0 Å². The topological polar surface area (TPSA) is 50.4 Å². The minimum atomic E-state index is -0.444. The van der Waals surface area contributed by atoms with Gasteiger partial charge in [0.15, 0.2) is 0 Å². The lowest BCUT2D eigenvalue weighted by Crippen LogP contribution is -2.40. The zero-order valence-corrected chi connectivity index (χ0v) is 14.8. The van der Waals surface area contributed by atoms with Gasteiger partial charge in [-0.2, -0.15) is 11.8 Å². The van der Waals surface area contributed by atoms with Crippen LogP contribution in [0.3, 0.4) is 0 Å². The van der Waals surface area contributed by atoms with Gasteiger partial charge in [0.2, 0.25) is 0 Å². The first-order chi connectivity index (χ1) is 9.68. The molecule has 5 heteroatoms. The smallest absolute Gasteiger partial charge is 0.407 e. The first-order valence-electron chi connectivity index (χ1n) is 7.61. The second-order valence-corrected chi connectivity index (χ2v) is 8.37. The van der Waals surface area contributed by atoms with E-state index in [1.165, 1.54) is 17.9 Å². The third kappa shape index (κ3) is 9.04. The monoisotopic (exact) mass is 314 g/mol. The number of carbonyl (C=O) groups is 1. The summed E-state index contributed by atoms with van der Waals surface area (Å²) >= 11 is 2.03. The molecule has 0 radical (unpaired) electrons. The molecule has 0 aromatic rings. The van der Waals surface area contributed by atoms with Gasteiger partial charge in [0.1, 0.15) is 5.60 Å². The van der Waals surface area contributed by atoms with Crippen LogP contribution in [-0.2, 0) is 4.74 Å². The Hall–Kier alpha value is -0.680. The largest absolute Gasteiger partial charge is 0.444 e. The van der Waals surface area contributed by atoms with E-state index in [9.17, 15) is 4.79 Å². The third-order valence-corrected chi connectivity index (χ3v) is 4.69. The van der Waals surface area contributed by atoms with Crippen molar-refractivity contribution in [3.8, 4) is 0 Å². The molecule has 1 rings (SSSR count). The Labute approximate surface area is 133 Å². The molecule has 1 unspecified atom stereocenters. The van der Waals surface area contributed by atoms with E-state index in [4.69, 9.17) is 4.74 Å². The lowest BCUT2D eigenvalue weighted by atomic mass is 9.88. The Kier molecular flexibility index (Phi) is 7.07. The summed E-state index contributed by atoms with van der Waals surface area (Å²) in [5.74, 6) is 2.44. The molecule has 0 aromatic carbocycles. The SMILES string of the molecule is CC1(C)CSCC(NC/C=C/CNC(=O)OC(C)(C)C)C1. The van der Waals surface area contributed by atoms with Crippen LogP contribution in [0.4, 0.5) is 4.79 Å². The van der Waals surface area contributed by atoms with E-state index in [0.29, 0.717) is 18.0 Å². The third-order valence-electron chi connectivity index (χ3n) is 3.06. The number of carbonyl (C=O) groups excluding carboxylic acids is 1. The van der Waals surface area contributed by atoms with Crippen molar-refractivity contribution in [1.29, 1.82) is 0 Å². The Morgan fingerprint density at radius 2 is 2.00 bits per heavy atom. The standard InChI is InChI=1S/C16H30N2O2S/c1-15(2,3)20-14(19)18-9-7-6-8-17-13-10-16(4,5)12-21-11-13/h6-7,13,17H,8-12H2,1-5H3,(H,18,19)/b7-6+. The summed E-state index contributed by atoms with van der Waals surface area (Å²) in [4.78, 5) is 11.4. The first-order valence-corrected chi connectivity index (χ1v) is 8.76. The molecule has 21 heavy (non-hydrogen) atoms. The molecule has 0 spiro atoms. The second-order valence-electron chi connectivity index (χ2n) is 7.34. The van der Waals surface area contributed by atoms with Crippen molar-refractivity contribution in [2.45, 2.75) is 52.7 Å². The van der Waals surface area contributed by atoms with Crippen LogP contribution in [0.2, 0.25) is 0 Å². The van der Waals surface area contributed by atoms with Gasteiger partial charge in [-0.25, -0.2) is 4.79 Å². The summed E-state index contributed by atoms with van der Waals surface area (Å²) in [6, 6.07) is 0.585. The molecular formula is C16H30N2O2S. The van der Waals surface area contributed by atoms with E-state index in [1.54, 1.807) is 0 Å². The van der Waals surface area contributed by atoms with Gasteiger partial charge in [-0.05, 0) is 38.4 Å². The van der Waals surface area contributed by atoms with Crippen LogP contribution in [0.5, 0.6) is 0 Å². The summed E-state index contributed by atoms with van der Waals surface area (Å²) in [5.41, 5.74) is -0.0105. The summed E-state index contributed by atoms with van der Waals surface area (Å²) in [6.45, 7) is 11.6. The Morgan fingerprint density at radius 3 is 2.62 bits per heavy atom. The summed E-state index contributed by atoms with van der Waals surface area (Å²) in [6.07, 6.45) is 4.87. The molecule has 4 nitrogen and oxygen atoms in total. The predicted molar refractivity (Wildman–Crippen MR) is 90.9 cm³/mol. The maximum absolute atomic E-state index is 11.4. The molecule has 1 aliphatic rings. The van der Waals surface area contributed by atoms with Crippen LogP contribution in [0.1, 0.15) is 41.0 Å². The zero-order valence-electron chi connectivity index (χ0n) is 14.0. The van der Waals surface area contributed by atoms with Gasteiger partial charge in [-0.3, -0.25) is 0 Å². The highest BCUT2D eigenvalue weighted by molar-refractivity contribution is 7.99. The quantitative estimate of drug-likeness (QED) is 0.765. The number of thioether (sulfide) groups is 1. The van der Waals surface area contributed by atoms with Gasteiger partial charge in [0, 0.05) is 24.9 Å². The Morgan fingerprint density at radius 1 is 1.33 bits per heavy atom. The van der Waals surface area contributed by atoms with Crippen LogP contribution in [-0.4, -0.2) is 42.3 Å². The van der Waals surface area contributed by atoms with Crippen molar-refractivity contribution in [1.82, 2.24) is 10.6 Å². The van der Waals surface area contributed by atoms with Crippen LogP contribution in [0, 0.1) is 5.41 Å². The molecule has 0 aliphatic carbocycles. The van der Waals surface area contributed by atoms with Crippen molar-refractivity contribution in [3.05, 3.63) is 12.2 Å². The maximum atomic E-state index is 11.4. The van der Waals surface area contributed by atoms with Crippen LogP contribution >= 0.6 is 11.8 Å². The molecule has 2 N–H and O–H groups in total. The Bertz CT molecular complexity index is 362.